The van der Waals surface area contributed by atoms with E-state index in [0.29, 0.717) is 19.0 Å². The smallest absolute Gasteiger partial charge is 0.232 e. The van der Waals surface area contributed by atoms with Crippen LogP contribution in [0.3, 0.4) is 0 Å². The lowest BCUT2D eigenvalue weighted by Crippen LogP contribution is -2.43. The van der Waals surface area contributed by atoms with Gasteiger partial charge in [0.15, 0.2) is 0 Å². The van der Waals surface area contributed by atoms with Crippen LogP contribution in [0.4, 0.5) is 0 Å². The van der Waals surface area contributed by atoms with Crippen LogP contribution in [0.1, 0.15) is 26.3 Å². The third-order valence-corrected chi connectivity index (χ3v) is 3.36. The third kappa shape index (κ3) is 3.33. The van der Waals surface area contributed by atoms with E-state index in [-0.39, 0.29) is 5.91 Å². The highest BCUT2D eigenvalue weighted by atomic mass is 16.2. The van der Waals surface area contributed by atoms with Crippen molar-refractivity contribution in [3.63, 3.8) is 0 Å². The maximum absolute atomic E-state index is 12.5. The lowest BCUT2D eigenvalue weighted by atomic mass is 9.83. The van der Waals surface area contributed by atoms with Gasteiger partial charge in [-0.15, -0.1) is 0 Å². The van der Waals surface area contributed by atoms with Gasteiger partial charge in [-0.3, -0.25) is 4.79 Å². The minimum atomic E-state index is -0.496. The van der Waals surface area contributed by atoms with Gasteiger partial charge in [-0.1, -0.05) is 37.3 Å². The van der Waals surface area contributed by atoms with E-state index in [1.807, 2.05) is 51.2 Å². The molecule has 0 bridgehead atoms. The largest absolute Gasteiger partial charge is 0.345 e. The lowest BCUT2D eigenvalue weighted by molar-refractivity contribution is -0.135. The van der Waals surface area contributed by atoms with Crippen molar-refractivity contribution in [2.75, 3.05) is 20.1 Å². The maximum atomic E-state index is 12.5. The van der Waals surface area contributed by atoms with Crippen LogP contribution in [0.15, 0.2) is 30.3 Å². The molecule has 3 heteroatoms. The highest BCUT2D eigenvalue weighted by molar-refractivity contribution is 5.87. The van der Waals surface area contributed by atoms with Crippen molar-refractivity contribution in [2.24, 2.45) is 11.7 Å². The summed E-state index contributed by atoms with van der Waals surface area (Å²) in [6.45, 7) is 7.29. The van der Waals surface area contributed by atoms with Crippen molar-refractivity contribution in [1.82, 2.24) is 4.90 Å². The molecule has 100 valence electrons. The number of likely N-dealkylation sites (N-methyl/N-ethyl adjacent to an activating group) is 1. The van der Waals surface area contributed by atoms with Crippen LogP contribution in [0.2, 0.25) is 0 Å². The molecule has 0 aliphatic heterocycles. The van der Waals surface area contributed by atoms with E-state index in [0.717, 1.165) is 5.56 Å². The number of carbonyl (C=O) groups is 1. The van der Waals surface area contributed by atoms with Gasteiger partial charge in [0.2, 0.25) is 5.91 Å². The molecule has 0 aliphatic carbocycles. The minimum Gasteiger partial charge on any atom is -0.345 e. The first kappa shape index (κ1) is 14.7. The van der Waals surface area contributed by atoms with Crippen molar-refractivity contribution < 1.29 is 4.79 Å². The van der Waals surface area contributed by atoms with Gasteiger partial charge in [0.05, 0.1) is 5.41 Å². The molecule has 0 saturated heterocycles. The van der Waals surface area contributed by atoms with Crippen LogP contribution >= 0.6 is 0 Å². The number of carbonyl (C=O) groups excluding carboxylic acids is 1. The van der Waals surface area contributed by atoms with Crippen LogP contribution < -0.4 is 5.73 Å². The molecule has 18 heavy (non-hydrogen) atoms. The molecule has 0 radical (unpaired) electrons. The van der Waals surface area contributed by atoms with Gasteiger partial charge >= 0.3 is 0 Å². The molecule has 3 nitrogen and oxygen atoms in total. The average molecular weight is 248 g/mol. The maximum Gasteiger partial charge on any atom is 0.232 e. The number of hydrogen-bond acceptors (Lipinski definition) is 2. The molecule has 0 aliphatic rings. The molecule has 1 unspecified atom stereocenters. The average Bonchev–Trinajstić information content (AvgIpc) is 2.38. The number of benzene rings is 1. The first-order chi connectivity index (χ1) is 8.39. The van der Waals surface area contributed by atoms with Crippen molar-refractivity contribution in [3.05, 3.63) is 35.9 Å². The summed E-state index contributed by atoms with van der Waals surface area (Å²) >= 11 is 0. The molecular formula is C15H24N2O. The van der Waals surface area contributed by atoms with Crippen LogP contribution in [0.5, 0.6) is 0 Å². The molecular weight excluding hydrogens is 224 g/mol. The number of nitrogens with zero attached hydrogens (tertiary/aromatic N) is 1. The summed E-state index contributed by atoms with van der Waals surface area (Å²) in [5.74, 6) is 0.458. The topological polar surface area (TPSA) is 46.3 Å². The van der Waals surface area contributed by atoms with E-state index >= 15 is 0 Å². The molecule has 0 fully saturated rings. The molecule has 0 aromatic heterocycles. The minimum absolute atomic E-state index is 0.133. The summed E-state index contributed by atoms with van der Waals surface area (Å²) < 4.78 is 0. The summed E-state index contributed by atoms with van der Waals surface area (Å²) in [4.78, 5) is 14.3. The molecule has 0 heterocycles. The predicted molar refractivity (Wildman–Crippen MR) is 75.3 cm³/mol. The van der Waals surface area contributed by atoms with Crippen molar-refractivity contribution in [1.29, 1.82) is 0 Å². The SMILES string of the molecule is CC(CN)CN(C)C(=O)C(C)(C)c1ccccc1. The molecule has 1 aromatic rings. The summed E-state index contributed by atoms with van der Waals surface area (Å²) in [5.41, 5.74) is 6.15. The zero-order valence-corrected chi connectivity index (χ0v) is 11.8. The number of hydrogen-bond donors (Lipinski definition) is 1. The predicted octanol–water partition coefficient (Wildman–Crippen LogP) is 2.02. The van der Waals surface area contributed by atoms with Gasteiger partial charge in [-0.2, -0.15) is 0 Å². The second-order valence-corrected chi connectivity index (χ2v) is 5.52. The van der Waals surface area contributed by atoms with Gasteiger partial charge in [0.1, 0.15) is 0 Å². The molecule has 2 N–H and O–H groups in total. The number of rotatable bonds is 5. The second-order valence-electron chi connectivity index (χ2n) is 5.52. The number of amides is 1. The lowest BCUT2D eigenvalue weighted by Gasteiger charge is -2.31. The van der Waals surface area contributed by atoms with Gasteiger partial charge in [-0.05, 0) is 31.9 Å². The zero-order valence-electron chi connectivity index (χ0n) is 11.8. The molecule has 0 spiro atoms. The highest BCUT2D eigenvalue weighted by Gasteiger charge is 2.32. The summed E-state index contributed by atoms with van der Waals surface area (Å²) in [7, 11) is 1.85. The highest BCUT2D eigenvalue weighted by Crippen LogP contribution is 2.25. The fourth-order valence-electron chi connectivity index (χ4n) is 2.08. The monoisotopic (exact) mass is 248 g/mol. The van der Waals surface area contributed by atoms with E-state index in [4.69, 9.17) is 5.73 Å². The Morgan fingerprint density at radius 3 is 2.39 bits per heavy atom. The van der Waals surface area contributed by atoms with E-state index in [1.54, 1.807) is 4.90 Å². The summed E-state index contributed by atoms with van der Waals surface area (Å²) in [6.07, 6.45) is 0. The third-order valence-electron chi connectivity index (χ3n) is 3.36. The standard InChI is InChI=1S/C15H24N2O/c1-12(10-16)11-17(4)14(18)15(2,3)13-8-6-5-7-9-13/h5-9,12H,10-11,16H2,1-4H3. The molecule has 1 atom stereocenters. The first-order valence-electron chi connectivity index (χ1n) is 6.40. The van der Waals surface area contributed by atoms with E-state index in [2.05, 4.69) is 6.92 Å². The van der Waals surface area contributed by atoms with Gasteiger partial charge < -0.3 is 10.6 Å². The van der Waals surface area contributed by atoms with Crippen LogP contribution in [-0.4, -0.2) is 30.9 Å². The Kier molecular flexibility index (Phi) is 4.91. The normalized spacial score (nSPS) is 13.2. The Morgan fingerprint density at radius 2 is 1.89 bits per heavy atom. The van der Waals surface area contributed by atoms with Gasteiger partial charge in [0.25, 0.3) is 0 Å². The quantitative estimate of drug-likeness (QED) is 0.866. The van der Waals surface area contributed by atoms with Crippen molar-refractivity contribution in [2.45, 2.75) is 26.2 Å². The second kappa shape index (κ2) is 6.01. The van der Waals surface area contributed by atoms with E-state index in [1.165, 1.54) is 0 Å². The van der Waals surface area contributed by atoms with E-state index < -0.39 is 5.41 Å². The van der Waals surface area contributed by atoms with Crippen LogP contribution in [-0.2, 0) is 10.2 Å². The van der Waals surface area contributed by atoms with Crippen molar-refractivity contribution >= 4 is 5.91 Å². The first-order valence-corrected chi connectivity index (χ1v) is 6.40. The Morgan fingerprint density at radius 1 is 1.33 bits per heavy atom. The molecule has 1 rings (SSSR count). The Hall–Kier alpha value is -1.35. The Bertz CT molecular complexity index is 387. The number of nitrogens with two attached hydrogens (primary N) is 1. The summed E-state index contributed by atoms with van der Waals surface area (Å²) in [6, 6.07) is 9.89. The Labute approximate surface area is 110 Å². The molecule has 0 saturated carbocycles. The van der Waals surface area contributed by atoms with Crippen LogP contribution in [0.25, 0.3) is 0 Å². The van der Waals surface area contributed by atoms with Crippen LogP contribution in [0, 0.1) is 5.92 Å². The molecule has 1 aromatic carbocycles. The fraction of sp³-hybridized carbons (Fsp3) is 0.533. The van der Waals surface area contributed by atoms with E-state index in [9.17, 15) is 4.79 Å². The summed E-state index contributed by atoms with van der Waals surface area (Å²) in [5, 5.41) is 0. The van der Waals surface area contributed by atoms with Gasteiger partial charge in [0, 0.05) is 13.6 Å². The Balaban J connectivity index is 2.82. The van der Waals surface area contributed by atoms with Crippen molar-refractivity contribution in [3.8, 4) is 0 Å². The van der Waals surface area contributed by atoms with Gasteiger partial charge in [-0.25, -0.2) is 0 Å². The molecule has 1 amide bonds. The zero-order chi connectivity index (χ0) is 13.8. The fourth-order valence-corrected chi connectivity index (χ4v) is 2.08.